The van der Waals surface area contributed by atoms with Crippen molar-refractivity contribution >= 4 is 17.5 Å². The summed E-state index contributed by atoms with van der Waals surface area (Å²) in [6.45, 7) is 2.64. The summed E-state index contributed by atoms with van der Waals surface area (Å²) in [5.41, 5.74) is 2.07. The molecular formula is C14H17ClF3NO3. The van der Waals surface area contributed by atoms with Gasteiger partial charge in [0.1, 0.15) is 5.75 Å². The molecule has 1 rings (SSSR count). The van der Waals surface area contributed by atoms with Crippen LogP contribution < -0.4 is 10.2 Å². The van der Waals surface area contributed by atoms with E-state index in [1.54, 1.807) is 24.3 Å². The second-order valence-corrected chi connectivity index (χ2v) is 5.35. The van der Waals surface area contributed by atoms with Crippen LogP contribution in [0.15, 0.2) is 24.3 Å². The molecule has 0 spiro atoms. The van der Waals surface area contributed by atoms with E-state index in [0.29, 0.717) is 10.8 Å². The van der Waals surface area contributed by atoms with Crippen LogP contribution in [0.1, 0.15) is 20.3 Å². The molecule has 8 heteroatoms. The molecule has 0 saturated heterocycles. The van der Waals surface area contributed by atoms with E-state index >= 15 is 0 Å². The Morgan fingerprint density at radius 1 is 1.27 bits per heavy atom. The maximum absolute atomic E-state index is 12.1. The number of halogens is 4. The fraction of sp³-hybridized carbons (Fsp3) is 0.500. The first-order chi connectivity index (χ1) is 10.2. The first-order valence-electron chi connectivity index (χ1n) is 6.58. The van der Waals surface area contributed by atoms with Gasteiger partial charge < -0.3 is 4.74 Å². The molecule has 1 unspecified atom stereocenters. The molecule has 0 aliphatic heterocycles. The van der Waals surface area contributed by atoms with E-state index in [2.05, 4.69) is 5.48 Å². The standard InChI is InChI=1S/C14H17ClF3NO3/c1-9(7-14(16,17)18)8-21-19-13(20)10(2)22-12-5-3-11(15)4-6-12/h3-6,9-10H,7-8H2,1-2H3,(H,19,20)/t9?,10-/m0/s1. The number of carbonyl (C=O) groups is 1. The summed E-state index contributed by atoms with van der Waals surface area (Å²) in [7, 11) is 0. The molecule has 124 valence electrons. The Balaban J connectivity index is 2.31. The molecule has 0 aliphatic carbocycles. The lowest BCUT2D eigenvalue weighted by molar-refractivity contribution is -0.154. The molecule has 2 atom stereocenters. The first-order valence-corrected chi connectivity index (χ1v) is 6.96. The third-order valence-electron chi connectivity index (χ3n) is 2.62. The van der Waals surface area contributed by atoms with Crippen molar-refractivity contribution in [2.24, 2.45) is 5.92 Å². The Bertz CT molecular complexity index is 479. The maximum Gasteiger partial charge on any atom is 0.389 e. The van der Waals surface area contributed by atoms with Gasteiger partial charge in [-0.1, -0.05) is 18.5 Å². The Morgan fingerprint density at radius 3 is 2.41 bits per heavy atom. The van der Waals surface area contributed by atoms with E-state index in [0.717, 1.165) is 0 Å². The summed E-state index contributed by atoms with van der Waals surface area (Å²) >= 11 is 5.72. The number of nitrogens with one attached hydrogen (secondary N) is 1. The lowest BCUT2D eigenvalue weighted by Gasteiger charge is -2.17. The van der Waals surface area contributed by atoms with Crippen LogP contribution in [-0.4, -0.2) is 24.8 Å². The SMILES string of the molecule is CC(CONC(=O)[C@H](C)Oc1ccc(Cl)cc1)CC(F)(F)F. The molecule has 22 heavy (non-hydrogen) atoms. The minimum absolute atomic E-state index is 0.237. The molecular weight excluding hydrogens is 323 g/mol. The highest BCUT2D eigenvalue weighted by molar-refractivity contribution is 6.30. The van der Waals surface area contributed by atoms with Gasteiger partial charge in [0.15, 0.2) is 6.10 Å². The Labute approximate surface area is 131 Å². The fourth-order valence-electron chi connectivity index (χ4n) is 1.56. The van der Waals surface area contributed by atoms with Gasteiger partial charge >= 0.3 is 6.18 Å². The molecule has 0 radical (unpaired) electrons. The Kier molecular flexibility index (Phi) is 6.96. The number of amides is 1. The number of hydroxylamine groups is 1. The van der Waals surface area contributed by atoms with Gasteiger partial charge in [-0.15, -0.1) is 0 Å². The highest BCUT2D eigenvalue weighted by Crippen LogP contribution is 2.24. The van der Waals surface area contributed by atoms with Gasteiger partial charge in [-0.05, 0) is 37.1 Å². The van der Waals surface area contributed by atoms with E-state index < -0.39 is 30.5 Å². The number of ether oxygens (including phenoxy) is 1. The summed E-state index contributed by atoms with van der Waals surface area (Å²) < 4.78 is 41.7. The average molecular weight is 340 g/mol. The highest BCUT2D eigenvalue weighted by Gasteiger charge is 2.30. The van der Waals surface area contributed by atoms with Gasteiger partial charge in [-0.2, -0.15) is 13.2 Å². The second kappa shape index (κ2) is 8.24. The highest BCUT2D eigenvalue weighted by atomic mass is 35.5. The smallest absolute Gasteiger partial charge is 0.389 e. The lowest BCUT2D eigenvalue weighted by Crippen LogP contribution is -2.37. The summed E-state index contributed by atoms with van der Waals surface area (Å²) in [4.78, 5) is 16.5. The van der Waals surface area contributed by atoms with E-state index in [9.17, 15) is 18.0 Å². The summed E-state index contributed by atoms with van der Waals surface area (Å²) in [6, 6.07) is 6.41. The van der Waals surface area contributed by atoms with Crippen molar-refractivity contribution in [1.29, 1.82) is 0 Å². The fourth-order valence-corrected chi connectivity index (χ4v) is 1.69. The predicted molar refractivity (Wildman–Crippen MR) is 75.5 cm³/mol. The summed E-state index contributed by atoms with van der Waals surface area (Å²) in [6.07, 6.45) is -6.09. The zero-order valence-electron chi connectivity index (χ0n) is 12.1. The van der Waals surface area contributed by atoms with Crippen molar-refractivity contribution in [2.45, 2.75) is 32.5 Å². The Hall–Kier alpha value is -1.47. The third-order valence-corrected chi connectivity index (χ3v) is 2.87. The maximum atomic E-state index is 12.1. The van der Waals surface area contributed by atoms with Crippen molar-refractivity contribution in [3.8, 4) is 5.75 Å². The first kappa shape index (κ1) is 18.6. The van der Waals surface area contributed by atoms with Gasteiger partial charge in [-0.25, -0.2) is 5.48 Å². The van der Waals surface area contributed by atoms with Crippen LogP contribution in [0.3, 0.4) is 0 Å². The monoisotopic (exact) mass is 339 g/mol. The zero-order valence-corrected chi connectivity index (χ0v) is 12.9. The number of hydrogen-bond acceptors (Lipinski definition) is 3. The van der Waals surface area contributed by atoms with Gasteiger partial charge in [-0.3, -0.25) is 9.63 Å². The summed E-state index contributed by atoms with van der Waals surface area (Å²) in [5, 5.41) is 0.534. The van der Waals surface area contributed by atoms with Crippen molar-refractivity contribution in [1.82, 2.24) is 5.48 Å². The molecule has 1 N–H and O–H groups in total. The number of carbonyl (C=O) groups excluding carboxylic acids is 1. The molecule has 0 bridgehead atoms. The number of alkyl halides is 3. The van der Waals surface area contributed by atoms with Crippen molar-refractivity contribution in [2.75, 3.05) is 6.61 Å². The third kappa shape index (κ3) is 7.51. The van der Waals surface area contributed by atoms with Crippen molar-refractivity contribution in [3.63, 3.8) is 0 Å². The predicted octanol–water partition coefficient (Wildman–Crippen LogP) is 3.74. The largest absolute Gasteiger partial charge is 0.481 e. The minimum atomic E-state index is -4.25. The molecule has 0 saturated carbocycles. The van der Waals surface area contributed by atoms with Crippen molar-refractivity contribution < 1.29 is 27.5 Å². The van der Waals surface area contributed by atoms with Crippen LogP contribution in [0, 0.1) is 5.92 Å². The number of benzene rings is 1. The molecule has 0 fully saturated rings. The number of rotatable bonds is 7. The molecule has 4 nitrogen and oxygen atoms in total. The van der Waals surface area contributed by atoms with E-state index in [4.69, 9.17) is 21.2 Å². The van der Waals surface area contributed by atoms with Gasteiger partial charge in [0.25, 0.3) is 5.91 Å². The van der Waals surface area contributed by atoms with Crippen LogP contribution in [-0.2, 0) is 9.63 Å². The van der Waals surface area contributed by atoms with Crippen LogP contribution in [0.5, 0.6) is 5.75 Å². The molecule has 1 aromatic carbocycles. The van der Waals surface area contributed by atoms with Crippen LogP contribution in [0.4, 0.5) is 13.2 Å². The molecule has 1 aromatic rings. The average Bonchev–Trinajstić information content (AvgIpc) is 2.39. The topological polar surface area (TPSA) is 47.6 Å². The van der Waals surface area contributed by atoms with Crippen LogP contribution >= 0.6 is 11.6 Å². The normalized spacial score (nSPS) is 14.3. The molecule has 0 heterocycles. The van der Waals surface area contributed by atoms with Crippen molar-refractivity contribution in [3.05, 3.63) is 29.3 Å². The zero-order chi connectivity index (χ0) is 16.8. The van der Waals surface area contributed by atoms with E-state index in [1.165, 1.54) is 13.8 Å². The lowest BCUT2D eigenvalue weighted by atomic mass is 10.1. The molecule has 0 aliphatic rings. The number of hydrogen-bond donors (Lipinski definition) is 1. The molecule has 1 amide bonds. The van der Waals surface area contributed by atoms with Crippen LogP contribution in [0.25, 0.3) is 0 Å². The van der Waals surface area contributed by atoms with Gasteiger partial charge in [0.2, 0.25) is 0 Å². The quantitative estimate of drug-likeness (QED) is 0.770. The molecule has 0 aromatic heterocycles. The van der Waals surface area contributed by atoms with Crippen LogP contribution in [0.2, 0.25) is 5.02 Å². The summed E-state index contributed by atoms with van der Waals surface area (Å²) in [5.74, 6) is -0.903. The minimum Gasteiger partial charge on any atom is -0.481 e. The Morgan fingerprint density at radius 2 is 1.86 bits per heavy atom. The second-order valence-electron chi connectivity index (χ2n) is 4.92. The van der Waals surface area contributed by atoms with Gasteiger partial charge in [0, 0.05) is 11.4 Å². The van der Waals surface area contributed by atoms with E-state index in [1.807, 2.05) is 0 Å². The van der Waals surface area contributed by atoms with Gasteiger partial charge in [0.05, 0.1) is 6.61 Å². The van der Waals surface area contributed by atoms with E-state index in [-0.39, 0.29) is 6.61 Å².